The second-order valence-electron chi connectivity index (χ2n) is 6.83. The second kappa shape index (κ2) is 12.0. The molecule has 2 aromatic rings. The summed E-state index contributed by atoms with van der Waals surface area (Å²) in [6.07, 6.45) is -0.836. The van der Waals surface area contributed by atoms with Gasteiger partial charge in [-0.2, -0.15) is 0 Å². The molecule has 6 heteroatoms. The van der Waals surface area contributed by atoms with E-state index in [2.05, 4.69) is 0 Å². The van der Waals surface area contributed by atoms with Crippen LogP contribution in [0.5, 0.6) is 0 Å². The summed E-state index contributed by atoms with van der Waals surface area (Å²) < 4.78 is 21.9. The van der Waals surface area contributed by atoms with E-state index in [-0.39, 0.29) is 43.5 Å². The third-order valence-corrected chi connectivity index (χ3v) is 4.01. The van der Waals surface area contributed by atoms with Crippen molar-refractivity contribution in [3.63, 3.8) is 0 Å². The summed E-state index contributed by atoms with van der Waals surface area (Å²) in [5, 5.41) is 0. The van der Waals surface area contributed by atoms with Crippen molar-refractivity contribution in [3.05, 3.63) is 71.8 Å². The Morgan fingerprint density at radius 2 is 1.10 bits per heavy atom. The van der Waals surface area contributed by atoms with E-state index in [1.807, 2.05) is 26.0 Å². The van der Waals surface area contributed by atoms with Crippen LogP contribution in [0.15, 0.2) is 60.7 Å². The minimum absolute atomic E-state index is 0.158. The predicted molar refractivity (Wildman–Crippen MR) is 109 cm³/mol. The summed E-state index contributed by atoms with van der Waals surface area (Å²) in [5.41, 5.74) is 1.02. The fourth-order valence-corrected chi connectivity index (χ4v) is 2.41. The first-order chi connectivity index (χ1) is 14.0. The summed E-state index contributed by atoms with van der Waals surface area (Å²) in [6.45, 7) is 6.24. The Bertz CT molecular complexity index is 746. The number of hydrogen-bond donors (Lipinski definition) is 0. The van der Waals surface area contributed by atoms with Gasteiger partial charge in [-0.25, -0.2) is 9.59 Å². The molecule has 0 amide bonds. The molecule has 0 bridgehead atoms. The molecule has 0 aliphatic rings. The van der Waals surface area contributed by atoms with Crippen molar-refractivity contribution < 1.29 is 28.5 Å². The lowest BCUT2D eigenvalue weighted by Crippen LogP contribution is -2.28. The minimum Gasteiger partial charge on any atom is -0.459 e. The van der Waals surface area contributed by atoms with Gasteiger partial charge in [0.15, 0.2) is 0 Å². The standard InChI is InChI=1S/C23H28O6/c1-17(27-16-19(3)29-23(25)21-12-8-5-9-13-21)14-26-18(2)15-28-22(24)20-10-6-4-7-11-20/h4-13,17-19H,14-16H2,1-3H3. The molecule has 156 valence electrons. The molecule has 0 heterocycles. The van der Waals surface area contributed by atoms with Crippen LogP contribution in [0.1, 0.15) is 41.5 Å². The smallest absolute Gasteiger partial charge is 0.338 e. The van der Waals surface area contributed by atoms with Crippen molar-refractivity contribution in [2.45, 2.75) is 39.1 Å². The van der Waals surface area contributed by atoms with Crippen LogP contribution < -0.4 is 0 Å². The number of hydrogen-bond acceptors (Lipinski definition) is 6. The molecule has 0 spiro atoms. The molecule has 3 unspecified atom stereocenters. The first kappa shape index (κ1) is 22.6. The van der Waals surface area contributed by atoms with Gasteiger partial charge in [-0.05, 0) is 45.0 Å². The van der Waals surface area contributed by atoms with Crippen LogP contribution in [0.2, 0.25) is 0 Å². The Kier molecular flexibility index (Phi) is 9.34. The largest absolute Gasteiger partial charge is 0.459 e. The molecule has 0 aromatic heterocycles. The van der Waals surface area contributed by atoms with Crippen LogP contribution in [0.3, 0.4) is 0 Å². The zero-order valence-corrected chi connectivity index (χ0v) is 17.1. The molecule has 3 atom stereocenters. The molecule has 0 saturated heterocycles. The highest BCUT2D eigenvalue weighted by Gasteiger charge is 2.15. The third-order valence-electron chi connectivity index (χ3n) is 4.01. The maximum absolute atomic E-state index is 12.0. The number of ether oxygens (including phenoxy) is 4. The Balaban J connectivity index is 1.60. The highest BCUT2D eigenvalue weighted by atomic mass is 16.6. The lowest BCUT2D eigenvalue weighted by molar-refractivity contribution is -0.0682. The molecule has 6 nitrogen and oxygen atoms in total. The van der Waals surface area contributed by atoms with Gasteiger partial charge < -0.3 is 18.9 Å². The van der Waals surface area contributed by atoms with Gasteiger partial charge >= 0.3 is 11.9 Å². The molecular formula is C23H28O6. The topological polar surface area (TPSA) is 71.1 Å². The molecule has 29 heavy (non-hydrogen) atoms. The number of rotatable bonds is 11. The quantitative estimate of drug-likeness (QED) is 0.533. The van der Waals surface area contributed by atoms with Crippen LogP contribution in [-0.4, -0.2) is 50.1 Å². The third kappa shape index (κ3) is 8.46. The second-order valence-corrected chi connectivity index (χ2v) is 6.83. The van der Waals surface area contributed by atoms with Crippen molar-refractivity contribution >= 4 is 11.9 Å². The predicted octanol–water partition coefficient (Wildman–Crippen LogP) is 3.90. The number of carbonyl (C=O) groups is 2. The maximum atomic E-state index is 12.0. The Hall–Kier alpha value is -2.70. The van der Waals surface area contributed by atoms with Crippen LogP contribution >= 0.6 is 0 Å². The summed E-state index contributed by atoms with van der Waals surface area (Å²) >= 11 is 0. The van der Waals surface area contributed by atoms with Gasteiger partial charge in [0.05, 0.1) is 36.5 Å². The Labute approximate surface area is 171 Å². The first-order valence-corrected chi connectivity index (χ1v) is 9.67. The summed E-state index contributed by atoms with van der Waals surface area (Å²) in [6, 6.07) is 17.6. The number of carbonyl (C=O) groups excluding carboxylic acids is 2. The summed E-state index contributed by atoms with van der Waals surface area (Å²) in [4.78, 5) is 23.9. The molecule has 2 aromatic carbocycles. The molecule has 0 N–H and O–H groups in total. The van der Waals surface area contributed by atoms with Crippen molar-refractivity contribution in [2.24, 2.45) is 0 Å². The van der Waals surface area contributed by atoms with E-state index in [1.165, 1.54) is 0 Å². The lowest BCUT2D eigenvalue weighted by Gasteiger charge is -2.20. The fraction of sp³-hybridized carbons (Fsp3) is 0.391. The van der Waals surface area contributed by atoms with E-state index in [0.29, 0.717) is 17.7 Å². The lowest BCUT2D eigenvalue weighted by atomic mass is 10.2. The van der Waals surface area contributed by atoms with E-state index in [4.69, 9.17) is 18.9 Å². The highest BCUT2D eigenvalue weighted by molar-refractivity contribution is 5.89. The summed E-state index contributed by atoms with van der Waals surface area (Å²) in [7, 11) is 0. The first-order valence-electron chi connectivity index (χ1n) is 9.67. The zero-order chi connectivity index (χ0) is 21.1. The average Bonchev–Trinajstić information content (AvgIpc) is 2.75. The van der Waals surface area contributed by atoms with Crippen molar-refractivity contribution in [1.29, 1.82) is 0 Å². The number of benzene rings is 2. The van der Waals surface area contributed by atoms with Gasteiger partial charge in [0.2, 0.25) is 0 Å². The molecule has 0 radical (unpaired) electrons. The van der Waals surface area contributed by atoms with Gasteiger partial charge in [0.25, 0.3) is 0 Å². The molecule has 0 aliphatic carbocycles. The number of esters is 2. The van der Waals surface area contributed by atoms with E-state index >= 15 is 0 Å². The van der Waals surface area contributed by atoms with E-state index in [0.717, 1.165) is 0 Å². The van der Waals surface area contributed by atoms with Crippen LogP contribution in [0.4, 0.5) is 0 Å². The SMILES string of the molecule is CC(COC(=O)c1ccccc1)OCC(C)OCC(C)OC(=O)c1ccccc1. The van der Waals surface area contributed by atoms with Gasteiger partial charge in [0, 0.05) is 0 Å². The molecule has 0 aliphatic heterocycles. The van der Waals surface area contributed by atoms with E-state index in [1.54, 1.807) is 55.5 Å². The van der Waals surface area contributed by atoms with Gasteiger partial charge in [-0.3, -0.25) is 0 Å². The summed E-state index contributed by atoms with van der Waals surface area (Å²) in [5.74, 6) is -0.751. The monoisotopic (exact) mass is 400 g/mol. The molecular weight excluding hydrogens is 372 g/mol. The molecule has 0 saturated carbocycles. The highest BCUT2D eigenvalue weighted by Crippen LogP contribution is 2.06. The van der Waals surface area contributed by atoms with Crippen molar-refractivity contribution in [3.8, 4) is 0 Å². The van der Waals surface area contributed by atoms with Gasteiger partial charge in [-0.15, -0.1) is 0 Å². The van der Waals surface area contributed by atoms with Gasteiger partial charge in [0.1, 0.15) is 12.7 Å². The van der Waals surface area contributed by atoms with Crippen LogP contribution in [0, 0.1) is 0 Å². The normalized spacial score (nSPS) is 13.9. The Morgan fingerprint density at radius 3 is 1.66 bits per heavy atom. The van der Waals surface area contributed by atoms with Crippen LogP contribution in [0.25, 0.3) is 0 Å². The molecule has 2 rings (SSSR count). The van der Waals surface area contributed by atoms with Gasteiger partial charge in [-0.1, -0.05) is 36.4 Å². The van der Waals surface area contributed by atoms with Crippen molar-refractivity contribution in [2.75, 3.05) is 19.8 Å². The average molecular weight is 400 g/mol. The minimum atomic E-state index is -0.380. The maximum Gasteiger partial charge on any atom is 0.338 e. The van der Waals surface area contributed by atoms with E-state index < -0.39 is 0 Å². The van der Waals surface area contributed by atoms with Crippen molar-refractivity contribution in [1.82, 2.24) is 0 Å². The van der Waals surface area contributed by atoms with E-state index in [9.17, 15) is 9.59 Å². The fourth-order valence-electron chi connectivity index (χ4n) is 2.41. The van der Waals surface area contributed by atoms with Crippen LogP contribution in [-0.2, 0) is 18.9 Å². The molecule has 0 fully saturated rings. The zero-order valence-electron chi connectivity index (χ0n) is 17.1. The Morgan fingerprint density at radius 1 is 0.655 bits per heavy atom.